The van der Waals surface area contributed by atoms with Crippen molar-refractivity contribution < 1.29 is 9.53 Å². The first-order valence-electron chi connectivity index (χ1n) is 5.71. The number of hydrogen-bond donors (Lipinski definition) is 0. The van der Waals surface area contributed by atoms with Crippen LogP contribution >= 0.6 is 11.6 Å². The summed E-state index contributed by atoms with van der Waals surface area (Å²) in [5.74, 6) is -0.390. The lowest BCUT2D eigenvalue weighted by Gasteiger charge is -1.98. The molecule has 0 N–H and O–H groups in total. The van der Waals surface area contributed by atoms with Gasteiger partial charge in [0.1, 0.15) is 6.61 Å². The van der Waals surface area contributed by atoms with E-state index in [0.717, 1.165) is 11.1 Å². The van der Waals surface area contributed by atoms with E-state index in [1.54, 1.807) is 35.3 Å². The number of benzene rings is 1. The molecule has 0 unspecified atom stereocenters. The van der Waals surface area contributed by atoms with Gasteiger partial charge >= 0.3 is 5.97 Å². The normalized spacial score (nSPS) is 10.8. The van der Waals surface area contributed by atoms with E-state index >= 15 is 0 Å². The average Bonchev–Trinajstić information content (AvgIpc) is 2.81. The molecule has 0 spiro atoms. The molecule has 5 heteroatoms. The van der Waals surface area contributed by atoms with Crippen LogP contribution in [0.15, 0.2) is 42.7 Å². The van der Waals surface area contributed by atoms with Crippen molar-refractivity contribution in [1.29, 1.82) is 0 Å². The Bertz CT molecular complexity index is 588. The standard InChI is InChI=1S/C14H13ClN2O2/c1-17-9-12(8-16-17)10-19-14(18)7-4-11-2-5-13(15)6-3-11/h2-9H,10H2,1H3/b7-4+. The van der Waals surface area contributed by atoms with E-state index in [1.807, 2.05) is 19.2 Å². The largest absolute Gasteiger partial charge is 0.458 e. The molecule has 0 aliphatic heterocycles. The molecule has 2 aromatic rings. The molecule has 2 rings (SSSR count). The van der Waals surface area contributed by atoms with Crippen molar-refractivity contribution in [2.45, 2.75) is 6.61 Å². The number of nitrogens with zero attached hydrogens (tertiary/aromatic N) is 2. The summed E-state index contributed by atoms with van der Waals surface area (Å²) in [6.07, 6.45) is 6.54. The molecular formula is C14H13ClN2O2. The second-order valence-electron chi connectivity index (χ2n) is 4.01. The summed E-state index contributed by atoms with van der Waals surface area (Å²) in [7, 11) is 1.81. The van der Waals surface area contributed by atoms with Crippen LogP contribution in [0.2, 0.25) is 5.02 Å². The van der Waals surface area contributed by atoms with E-state index in [0.29, 0.717) is 5.02 Å². The Morgan fingerprint density at radius 2 is 2.16 bits per heavy atom. The second kappa shape index (κ2) is 6.20. The highest BCUT2D eigenvalue weighted by Crippen LogP contribution is 2.10. The van der Waals surface area contributed by atoms with Gasteiger partial charge in [-0.25, -0.2) is 4.79 Å². The highest BCUT2D eigenvalue weighted by molar-refractivity contribution is 6.30. The fraction of sp³-hybridized carbons (Fsp3) is 0.143. The molecule has 1 aromatic carbocycles. The lowest BCUT2D eigenvalue weighted by molar-refractivity contribution is -0.138. The predicted molar refractivity (Wildman–Crippen MR) is 73.5 cm³/mol. The van der Waals surface area contributed by atoms with Crippen molar-refractivity contribution in [3.05, 3.63) is 58.9 Å². The lowest BCUT2D eigenvalue weighted by Crippen LogP contribution is -2.00. The molecule has 19 heavy (non-hydrogen) atoms. The molecule has 0 saturated carbocycles. The second-order valence-corrected chi connectivity index (χ2v) is 4.45. The molecular weight excluding hydrogens is 264 g/mol. The molecule has 98 valence electrons. The van der Waals surface area contributed by atoms with Gasteiger partial charge in [0.15, 0.2) is 0 Å². The van der Waals surface area contributed by atoms with Gasteiger partial charge < -0.3 is 4.74 Å². The summed E-state index contributed by atoms with van der Waals surface area (Å²) in [4.78, 5) is 11.5. The summed E-state index contributed by atoms with van der Waals surface area (Å²) < 4.78 is 6.74. The SMILES string of the molecule is Cn1cc(COC(=O)/C=C/c2ccc(Cl)cc2)cn1. The van der Waals surface area contributed by atoms with Crippen molar-refractivity contribution >= 4 is 23.6 Å². The smallest absolute Gasteiger partial charge is 0.331 e. The van der Waals surface area contributed by atoms with E-state index in [-0.39, 0.29) is 12.6 Å². The number of aromatic nitrogens is 2. The summed E-state index contributed by atoms with van der Waals surface area (Å²) in [5, 5.41) is 4.65. The molecule has 1 aromatic heterocycles. The van der Waals surface area contributed by atoms with Gasteiger partial charge in [0.25, 0.3) is 0 Å². The summed E-state index contributed by atoms with van der Waals surface area (Å²) in [6, 6.07) is 7.19. The Balaban J connectivity index is 1.85. The van der Waals surface area contributed by atoms with Gasteiger partial charge in [0.05, 0.1) is 6.20 Å². The Morgan fingerprint density at radius 3 is 2.79 bits per heavy atom. The average molecular weight is 277 g/mol. The zero-order chi connectivity index (χ0) is 13.7. The first-order chi connectivity index (χ1) is 9.13. The molecule has 0 amide bonds. The minimum atomic E-state index is -0.390. The zero-order valence-corrected chi connectivity index (χ0v) is 11.2. The van der Waals surface area contributed by atoms with Gasteiger partial charge in [0, 0.05) is 29.9 Å². The number of aryl methyl sites for hydroxylation is 1. The van der Waals surface area contributed by atoms with Crippen molar-refractivity contribution in [3.63, 3.8) is 0 Å². The zero-order valence-electron chi connectivity index (χ0n) is 10.4. The maximum atomic E-state index is 11.5. The molecule has 0 aliphatic carbocycles. The van der Waals surface area contributed by atoms with E-state index in [9.17, 15) is 4.79 Å². The molecule has 0 radical (unpaired) electrons. The van der Waals surface area contributed by atoms with Gasteiger partial charge in [-0.15, -0.1) is 0 Å². The topological polar surface area (TPSA) is 44.1 Å². The molecule has 0 atom stereocenters. The van der Waals surface area contributed by atoms with Crippen LogP contribution in [0.3, 0.4) is 0 Å². The molecule has 0 saturated heterocycles. The lowest BCUT2D eigenvalue weighted by atomic mass is 10.2. The quantitative estimate of drug-likeness (QED) is 0.637. The van der Waals surface area contributed by atoms with Crippen LogP contribution in [0.5, 0.6) is 0 Å². The van der Waals surface area contributed by atoms with Crippen LogP contribution in [0.25, 0.3) is 6.08 Å². The minimum absolute atomic E-state index is 0.220. The van der Waals surface area contributed by atoms with Crippen molar-refractivity contribution in [2.75, 3.05) is 0 Å². The van der Waals surface area contributed by atoms with Crippen LogP contribution in [-0.4, -0.2) is 15.7 Å². The first-order valence-corrected chi connectivity index (χ1v) is 6.09. The van der Waals surface area contributed by atoms with Gasteiger partial charge in [-0.1, -0.05) is 23.7 Å². The van der Waals surface area contributed by atoms with Crippen LogP contribution in [0.1, 0.15) is 11.1 Å². The van der Waals surface area contributed by atoms with Crippen molar-refractivity contribution in [2.24, 2.45) is 7.05 Å². The fourth-order valence-corrected chi connectivity index (χ4v) is 1.61. The van der Waals surface area contributed by atoms with Crippen molar-refractivity contribution in [1.82, 2.24) is 9.78 Å². The van der Waals surface area contributed by atoms with E-state index in [4.69, 9.17) is 16.3 Å². The van der Waals surface area contributed by atoms with E-state index < -0.39 is 0 Å². The number of carbonyl (C=O) groups excluding carboxylic acids is 1. The third-order valence-corrected chi connectivity index (χ3v) is 2.67. The molecule has 0 bridgehead atoms. The minimum Gasteiger partial charge on any atom is -0.458 e. The number of rotatable bonds is 4. The molecule has 0 fully saturated rings. The Kier molecular flexibility index (Phi) is 4.36. The number of esters is 1. The molecule has 1 heterocycles. The maximum Gasteiger partial charge on any atom is 0.331 e. The van der Waals surface area contributed by atoms with Gasteiger partial charge in [-0.3, -0.25) is 4.68 Å². The maximum absolute atomic E-state index is 11.5. The Morgan fingerprint density at radius 1 is 1.42 bits per heavy atom. The Labute approximate surface area is 116 Å². The number of ether oxygens (including phenoxy) is 1. The van der Waals surface area contributed by atoms with Crippen LogP contribution in [0.4, 0.5) is 0 Å². The van der Waals surface area contributed by atoms with E-state index in [2.05, 4.69) is 5.10 Å². The fourth-order valence-electron chi connectivity index (χ4n) is 1.49. The first kappa shape index (κ1) is 13.4. The van der Waals surface area contributed by atoms with Gasteiger partial charge in [-0.05, 0) is 23.8 Å². The number of hydrogen-bond acceptors (Lipinski definition) is 3. The number of carbonyl (C=O) groups is 1. The number of halogens is 1. The predicted octanol–water partition coefficient (Wildman–Crippen LogP) is 2.83. The molecule has 0 aliphatic rings. The monoisotopic (exact) mass is 276 g/mol. The van der Waals surface area contributed by atoms with Gasteiger partial charge in [-0.2, -0.15) is 5.10 Å². The van der Waals surface area contributed by atoms with Crippen molar-refractivity contribution in [3.8, 4) is 0 Å². The summed E-state index contributed by atoms with van der Waals surface area (Å²) in [6.45, 7) is 0.220. The third kappa shape index (κ3) is 4.26. The summed E-state index contributed by atoms with van der Waals surface area (Å²) in [5.41, 5.74) is 1.75. The summed E-state index contributed by atoms with van der Waals surface area (Å²) >= 11 is 5.77. The molecule has 4 nitrogen and oxygen atoms in total. The van der Waals surface area contributed by atoms with E-state index in [1.165, 1.54) is 6.08 Å². The van der Waals surface area contributed by atoms with Crippen LogP contribution in [0, 0.1) is 0 Å². The third-order valence-electron chi connectivity index (χ3n) is 2.42. The highest BCUT2D eigenvalue weighted by Gasteiger charge is 2.00. The Hall–Kier alpha value is -2.07. The van der Waals surface area contributed by atoms with Crippen LogP contribution in [-0.2, 0) is 23.2 Å². The van der Waals surface area contributed by atoms with Crippen LogP contribution < -0.4 is 0 Å². The van der Waals surface area contributed by atoms with Gasteiger partial charge in [0.2, 0.25) is 0 Å². The highest BCUT2D eigenvalue weighted by atomic mass is 35.5.